The molecule has 2 aliphatic rings. The van der Waals surface area contributed by atoms with Gasteiger partial charge in [-0.25, -0.2) is 8.42 Å². The van der Waals surface area contributed by atoms with E-state index >= 15 is 0 Å². The van der Waals surface area contributed by atoms with Crippen LogP contribution >= 0.6 is 0 Å². The predicted octanol–water partition coefficient (Wildman–Crippen LogP) is 1.49. The van der Waals surface area contributed by atoms with Crippen molar-refractivity contribution in [3.05, 3.63) is 72.1 Å². The van der Waals surface area contributed by atoms with Crippen LogP contribution in [0.4, 0.5) is 0 Å². The molecule has 0 spiro atoms. The molecule has 160 valence electrons. The summed E-state index contributed by atoms with van der Waals surface area (Å²) in [6.45, 7) is 2.87. The lowest BCUT2D eigenvalue weighted by Gasteiger charge is -2.26. The van der Waals surface area contributed by atoms with Crippen LogP contribution in [0, 0.1) is 12.8 Å². The highest BCUT2D eigenvalue weighted by atomic mass is 32.2. The number of carbonyl (C=O) groups excluding carboxylic acids is 1. The Bertz CT molecular complexity index is 1210. The second-order valence-corrected chi connectivity index (χ2v) is 9.98. The molecule has 1 amide bonds. The number of carbonyl (C=O) groups is 1. The van der Waals surface area contributed by atoms with Crippen LogP contribution in [0.15, 0.2) is 64.3 Å². The van der Waals surface area contributed by atoms with E-state index in [9.17, 15) is 13.2 Å². The summed E-state index contributed by atoms with van der Waals surface area (Å²) in [5.74, 6) is 0.602. The molecule has 0 radical (unpaired) electrons. The molecule has 3 aromatic rings. The van der Waals surface area contributed by atoms with Gasteiger partial charge in [-0.2, -0.15) is 9.29 Å². The van der Waals surface area contributed by atoms with Gasteiger partial charge >= 0.3 is 0 Å². The smallest absolute Gasteiger partial charge is 0.253 e. The summed E-state index contributed by atoms with van der Waals surface area (Å²) in [5.41, 5.74) is -0.153. The molecule has 5 rings (SSSR count). The first-order valence-electron chi connectivity index (χ1n) is 9.95. The largest absolute Gasteiger partial charge is 0.339 e. The van der Waals surface area contributed by atoms with E-state index < -0.39 is 15.4 Å². The minimum atomic E-state index is -3.73. The van der Waals surface area contributed by atoms with Crippen molar-refractivity contribution in [2.75, 3.05) is 26.2 Å². The number of likely N-dealkylation sites (tertiary alicyclic amines) is 1. The SMILES string of the molecule is Cc1noc(C23CN(C(=O)c4ccccc4)CC2CN(S(=O)(=O)c2cccnc2)C3)n1. The highest BCUT2D eigenvalue weighted by Crippen LogP contribution is 2.46. The molecule has 0 aliphatic carbocycles. The maximum atomic E-state index is 13.2. The fraction of sp³-hybridized carbons (Fsp3) is 0.333. The minimum absolute atomic E-state index is 0.0905. The van der Waals surface area contributed by atoms with Crippen LogP contribution in [0.1, 0.15) is 22.1 Å². The maximum Gasteiger partial charge on any atom is 0.253 e. The van der Waals surface area contributed by atoms with Crippen molar-refractivity contribution in [2.45, 2.75) is 17.2 Å². The third kappa shape index (κ3) is 3.22. The molecule has 31 heavy (non-hydrogen) atoms. The molecule has 2 unspecified atom stereocenters. The number of rotatable bonds is 4. The average Bonchev–Trinajstić information content (AvgIpc) is 3.47. The van der Waals surface area contributed by atoms with Gasteiger partial charge in [0.05, 0.1) is 5.41 Å². The van der Waals surface area contributed by atoms with E-state index in [1.54, 1.807) is 30.0 Å². The number of sulfonamides is 1. The highest BCUT2D eigenvalue weighted by Gasteiger charge is 2.60. The summed E-state index contributed by atoms with van der Waals surface area (Å²) >= 11 is 0. The highest BCUT2D eigenvalue weighted by molar-refractivity contribution is 7.89. The molecule has 2 atom stereocenters. The molecule has 0 saturated carbocycles. The molecule has 9 nitrogen and oxygen atoms in total. The summed E-state index contributed by atoms with van der Waals surface area (Å²) < 4.78 is 33.4. The number of hydrogen-bond acceptors (Lipinski definition) is 7. The molecule has 4 heterocycles. The number of pyridine rings is 1. The fourth-order valence-electron chi connectivity index (χ4n) is 4.57. The first-order valence-corrected chi connectivity index (χ1v) is 11.4. The Morgan fingerprint density at radius 3 is 2.61 bits per heavy atom. The monoisotopic (exact) mass is 439 g/mol. The van der Waals surface area contributed by atoms with Gasteiger partial charge in [0.15, 0.2) is 5.82 Å². The number of nitrogens with zero attached hydrogens (tertiary/aromatic N) is 5. The molecular weight excluding hydrogens is 418 g/mol. The van der Waals surface area contributed by atoms with Crippen LogP contribution in [-0.4, -0.2) is 64.8 Å². The quantitative estimate of drug-likeness (QED) is 0.606. The Morgan fingerprint density at radius 1 is 1.13 bits per heavy atom. The van der Waals surface area contributed by atoms with E-state index in [0.29, 0.717) is 30.4 Å². The Morgan fingerprint density at radius 2 is 1.94 bits per heavy atom. The van der Waals surface area contributed by atoms with Crippen molar-refractivity contribution in [2.24, 2.45) is 5.92 Å². The van der Waals surface area contributed by atoms with Crippen molar-refractivity contribution >= 4 is 15.9 Å². The van der Waals surface area contributed by atoms with Gasteiger partial charge in [-0.15, -0.1) is 0 Å². The number of fused-ring (bicyclic) bond motifs is 1. The summed E-state index contributed by atoms with van der Waals surface area (Å²) in [6.07, 6.45) is 2.88. The molecule has 2 aromatic heterocycles. The molecule has 2 aliphatic heterocycles. The Kier molecular flexibility index (Phi) is 4.63. The molecule has 1 aromatic carbocycles. The summed E-state index contributed by atoms with van der Waals surface area (Å²) in [7, 11) is -3.73. The molecule has 0 N–H and O–H groups in total. The zero-order valence-electron chi connectivity index (χ0n) is 16.9. The van der Waals surface area contributed by atoms with Gasteiger partial charge in [0.25, 0.3) is 5.91 Å². The predicted molar refractivity (Wildman–Crippen MR) is 110 cm³/mol. The Hall–Kier alpha value is -3.11. The minimum Gasteiger partial charge on any atom is -0.339 e. The van der Waals surface area contributed by atoms with E-state index in [2.05, 4.69) is 15.1 Å². The number of amides is 1. The van der Waals surface area contributed by atoms with Gasteiger partial charge in [-0.05, 0) is 31.2 Å². The van der Waals surface area contributed by atoms with Crippen molar-refractivity contribution < 1.29 is 17.7 Å². The van der Waals surface area contributed by atoms with Crippen molar-refractivity contribution in [1.82, 2.24) is 24.3 Å². The van der Waals surface area contributed by atoms with Crippen LogP contribution in [0.2, 0.25) is 0 Å². The van der Waals surface area contributed by atoms with Crippen LogP contribution < -0.4 is 0 Å². The molecule has 2 saturated heterocycles. The van der Waals surface area contributed by atoms with Crippen molar-refractivity contribution in [1.29, 1.82) is 0 Å². The van der Waals surface area contributed by atoms with Crippen molar-refractivity contribution in [3.63, 3.8) is 0 Å². The van der Waals surface area contributed by atoms with Crippen molar-refractivity contribution in [3.8, 4) is 0 Å². The van der Waals surface area contributed by atoms with Gasteiger partial charge in [0, 0.05) is 50.1 Å². The van der Waals surface area contributed by atoms with E-state index in [4.69, 9.17) is 4.52 Å². The molecule has 2 fully saturated rings. The third-order valence-electron chi connectivity index (χ3n) is 6.11. The summed E-state index contributed by atoms with van der Waals surface area (Å²) in [6, 6.07) is 12.2. The van der Waals surface area contributed by atoms with Gasteiger partial charge in [-0.3, -0.25) is 9.78 Å². The van der Waals surface area contributed by atoms with E-state index in [1.165, 1.54) is 22.8 Å². The number of benzene rings is 1. The lowest BCUT2D eigenvalue weighted by atomic mass is 9.81. The Labute approximate surface area is 179 Å². The summed E-state index contributed by atoms with van der Waals surface area (Å²) in [4.78, 5) is 23.4. The first kappa shape index (κ1) is 19.8. The van der Waals surface area contributed by atoms with Gasteiger partial charge in [-0.1, -0.05) is 23.4 Å². The molecule has 10 heteroatoms. The normalized spacial score (nSPS) is 23.8. The summed E-state index contributed by atoms with van der Waals surface area (Å²) in [5, 5.41) is 3.92. The maximum absolute atomic E-state index is 13.2. The number of aryl methyl sites for hydroxylation is 1. The second kappa shape index (κ2) is 7.24. The number of aromatic nitrogens is 3. The number of hydrogen-bond donors (Lipinski definition) is 0. The van der Waals surface area contributed by atoms with E-state index in [-0.39, 0.29) is 29.8 Å². The van der Waals surface area contributed by atoms with Crippen LogP contribution in [0.5, 0.6) is 0 Å². The van der Waals surface area contributed by atoms with Gasteiger partial charge in [0.2, 0.25) is 15.9 Å². The lowest BCUT2D eigenvalue weighted by molar-refractivity contribution is 0.0773. The third-order valence-corrected chi connectivity index (χ3v) is 7.91. The standard InChI is InChI=1S/C21H21N5O4S/c1-15-23-20(30-24-15)21-13-25(19(27)16-6-3-2-4-7-16)11-17(21)12-26(14-21)31(28,29)18-8-5-9-22-10-18/h2-10,17H,11-14H2,1H3. The van der Waals surface area contributed by atoms with Crippen LogP contribution in [0.25, 0.3) is 0 Å². The van der Waals surface area contributed by atoms with Gasteiger partial charge < -0.3 is 9.42 Å². The van der Waals surface area contributed by atoms with Crippen LogP contribution in [0.3, 0.4) is 0 Å². The first-order chi connectivity index (χ1) is 14.9. The fourth-order valence-corrected chi connectivity index (χ4v) is 6.09. The zero-order valence-corrected chi connectivity index (χ0v) is 17.7. The molecule has 0 bridgehead atoms. The lowest BCUT2D eigenvalue weighted by Crippen LogP contribution is -2.41. The van der Waals surface area contributed by atoms with Crippen LogP contribution in [-0.2, 0) is 15.4 Å². The average molecular weight is 439 g/mol. The molecular formula is C21H21N5O4S. The topological polar surface area (TPSA) is 110 Å². The Balaban J connectivity index is 1.49. The van der Waals surface area contributed by atoms with E-state index in [1.807, 2.05) is 18.2 Å². The zero-order chi connectivity index (χ0) is 21.6. The van der Waals surface area contributed by atoms with Gasteiger partial charge in [0.1, 0.15) is 4.90 Å². The van der Waals surface area contributed by atoms with E-state index in [0.717, 1.165) is 0 Å². The second-order valence-electron chi connectivity index (χ2n) is 8.04.